The first kappa shape index (κ1) is 21.8. The van der Waals surface area contributed by atoms with Gasteiger partial charge < -0.3 is 14.4 Å². The predicted octanol–water partition coefficient (Wildman–Crippen LogP) is 5.47. The average Bonchev–Trinajstić information content (AvgIpc) is 3.18. The van der Waals surface area contributed by atoms with Gasteiger partial charge in [-0.15, -0.1) is 0 Å². The molecule has 0 fully saturated rings. The maximum Gasteiger partial charge on any atom is 0.412 e. The normalized spacial score (nSPS) is 10.6. The van der Waals surface area contributed by atoms with Crippen LogP contribution in [0.4, 0.5) is 10.5 Å². The van der Waals surface area contributed by atoms with E-state index in [9.17, 15) is 14.7 Å². The highest BCUT2D eigenvalue weighted by Crippen LogP contribution is 2.32. The van der Waals surface area contributed by atoms with Gasteiger partial charge in [-0.2, -0.15) is 0 Å². The number of ether oxygens (including phenoxy) is 1. The number of aromatic nitrogens is 2. The number of aryl methyl sites for hydroxylation is 2. The Morgan fingerprint density at radius 2 is 1.70 bits per heavy atom. The molecule has 2 aromatic heterocycles. The van der Waals surface area contributed by atoms with Gasteiger partial charge >= 0.3 is 12.1 Å². The average molecular weight is 443 g/mol. The van der Waals surface area contributed by atoms with Crippen LogP contribution >= 0.6 is 0 Å². The maximum absolute atomic E-state index is 12.4. The Kier molecular flexibility index (Phi) is 6.17. The minimum Gasteiger partial charge on any atom is -0.478 e. The second kappa shape index (κ2) is 9.35. The molecule has 1 amide bonds. The van der Waals surface area contributed by atoms with Crippen molar-refractivity contribution >= 4 is 17.7 Å². The van der Waals surface area contributed by atoms with Crippen LogP contribution in [-0.2, 0) is 11.3 Å². The summed E-state index contributed by atoms with van der Waals surface area (Å²) in [4.78, 5) is 27.9. The van der Waals surface area contributed by atoms with Gasteiger partial charge in [0.05, 0.1) is 11.3 Å². The van der Waals surface area contributed by atoms with E-state index in [2.05, 4.69) is 15.5 Å². The molecule has 166 valence electrons. The summed E-state index contributed by atoms with van der Waals surface area (Å²) in [7, 11) is 0. The lowest BCUT2D eigenvalue weighted by molar-refractivity contribution is 0.0697. The first-order valence-electron chi connectivity index (χ1n) is 10.2. The number of rotatable bonds is 6. The molecule has 0 saturated carbocycles. The standard InChI is InChI=1S/C25H21N3O5/c1-15-5-3-8-21(26-15)14-32-25(31)27-22-16(2)33-28-23(22)18-11-9-17(10-12-18)19-6-4-7-20(13-19)24(29)30/h3-13H,14H2,1-2H3,(H,27,31)(H,29,30). The number of nitrogens with zero attached hydrogens (tertiary/aromatic N) is 2. The summed E-state index contributed by atoms with van der Waals surface area (Å²) in [5, 5.41) is 16.0. The molecule has 0 radical (unpaired) electrons. The molecule has 8 nitrogen and oxygen atoms in total. The summed E-state index contributed by atoms with van der Waals surface area (Å²) in [6.07, 6.45) is -0.645. The Labute approximate surface area is 189 Å². The maximum atomic E-state index is 12.4. The van der Waals surface area contributed by atoms with Crippen molar-refractivity contribution in [1.82, 2.24) is 10.1 Å². The fraction of sp³-hybridized carbons (Fsp3) is 0.120. The van der Waals surface area contributed by atoms with Crippen LogP contribution in [0.25, 0.3) is 22.4 Å². The van der Waals surface area contributed by atoms with Crippen LogP contribution in [0, 0.1) is 13.8 Å². The van der Waals surface area contributed by atoms with Crippen LogP contribution in [0.5, 0.6) is 0 Å². The van der Waals surface area contributed by atoms with Crippen molar-refractivity contribution in [2.24, 2.45) is 0 Å². The second-order valence-electron chi connectivity index (χ2n) is 7.40. The van der Waals surface area contributed by atoms with Gasteiger partial charge in [-0.25, -0.2) is 9.59 Å². The van der Waals surface area contributed by atoms with Crippen molar-refractivity contribution in [3.05, 3.63) is 89.4 Å². The topological polar surface area (TPSA) is 115 Å². The van der Waals surface area contributed by atoms with E-state index in [0.717, 1.165) is 22.4 Å². The van der Waals surface area contributed by atoms with Crippen molar-refractivity contribution in [3.8, 4) is 22.4 Å². The van der Waals surface area contributed by atoms with Crippen LogP contribution in [0.3, 0.4) is 0 Å². The lowest BCUT2D eigenvalue weighted by atomic mass is 10.0. The number of carboxylic acid groups (broad SMARTS) is 1. The lowest BCUT2D eigenvalue weighted by Crippen LogP contribution is -2.14. The van der Waals surface area contributed by atoms with Gasteiger partial charge in [-0.1, -0.05) is 47.6 Å². The van der Waals surface area contributed by atoms with Crippen molar-refractivity contribution in [2.75, 3.05) is 5.32 Å². The number of pyridine rings is 1. The molecule has 0 aliphatic rings. The third-order valence-electron chi connectivity index (χ3n) is 4.99. The largest absolute Gasteiger partial charge is 0.478 e. The van der Waals surface area contributed by atoms with Crippen LogP contribution < -0.4 is 5.32 Å². The van der Waals surface area contributed by atoms with Crippen molar-refractivity contribution < 1.29 is 24.0 Å². The molecule has 0 atom stereocenters. The fourth-order valence-corrected chi connectivity index (χ4v) is 3.33. The van der Waals surface area contributed by atoms with Gasteiger partial charge in [0.15, 0.2) is 5.76 Å². The van der Waals surface area contributed by atoms with E-state index < -0.39 is 12.1 Å². The molecular weight excluding hydrogens is 422 g/mol. The van der Waals surface area contributed by atoms with Gasteiger partial charge in [0.1, 0.15) is 18.0 Å². The summed E-state index contributed by atoms with van der Waals surface area (Å²) < 4.78 is 10.6. The monoisotopic (exact) mass is 443 g/mol. The summed E-state index contributed by atoms with van der Waals surface area (Å²) in [5.41, 5.74) is 4.94. The van der Waals surface area contributed by atoms with Gasteiger partial charge in [-0.05, 0) is 49.2 Å². The van der Waals surface area contributed by atoms with E-state index >= 15 is 0 Å². The Hall–Kier alpha value is -4.46. The number of nitrogens with one attached hydrogen (secondary N) is 1. The smallest absolute Gasteiger partial charge is 0.412 e. The summed E-state index contributed by atoms with van der Waals surface area (Å²) in [6.45, 7) is 3.60. The number of carbonyl (C=O) groups excluding carboxylic acids is 1. The molecule has 4 rings (SSSR count). The zero-order valence-electron chi connectivity index (χ0n) is 18.0. The van der Waals surface area contributed by atoms with Crippen molar-refractivity contribution in [1.29, 1.82) is 0 Å². The minimum absolute atomic E-state index is 0.0390. The van der Waals surface area contributed by atoms with Gasteiger partial charge in [0.2, 0.25) is 0 Å². The molecule has 0 aliphatic heterocycles. The zero-order valence-corrected chi connectivity index (χ0v) is 18.0. The predicted molar refractivity (Wildman–Crippen MR) is 122 cm³/mol. The van der Waals surface area contributed by atoms with E-state index in [-0.39, 0.29) is 12.2 Å². The third kappa shape index (κ3) is 5.07. The number of carboxylic acids is 1. The van der Waals surface area contributed by atoms with Crippen molar-refractivity contribution in [3.63, 3.8) is 0 Å². The van der Waals surface area contributed by atoms with Crippen LogP contribution in [0.2, 0.25) is 0 Å². The second-order valence-corrected chi connectivity index (χ2v) is 7.40. The molecule has 2 heterocycles. The van der Waals surface area contributed by atoms with Crippen LogP contribution in [0.1, 0.15) is 27.5 Å². The molecule has 33 heavy (non-hydrogen) atoms. The lowest BCUT2D eigenvalue weighted by Gasteiger charge is -2.08. The number of carbonyl (C=O) groups is 2. The van der Waals surface area contributed by atoms with Crippen LogP contribution in [0.15, 0.2) is 71.3 Å². The number of benzene rings is 2. The molecule has 2 aromatic carbocycles. The highest BCUT2D eigenvalue weighted by molar-refractivity contribution is 5.91. The molecule has 0 unspecified atom stereocenters. The SMILES string of the molecule is Cc1cccc(COC(=O)Nc2c(-c3ccc(-c4cccc(C(=O)O)c4)cc3)noc2C)n1. The van der Waals surface area contributed by atoms with Gasteiger partial charge in [0, 0.05) is 11.3 Å². The first-order valence-corrected chi connectivity index (χ1v) is 10.2. The molecule has 0 aliphatic carbocycles. The quantitative estimate of drug-likeness (QED) is 0.406. The molecule has 0 saturated heterocycles. The molecule has 0 spiro atoms. The molecule has 0 bridgehead atoms. The number of hydrogen-bond acceptors (Lipinski definition) is 6. The number of aromatic carboxylic acids is 1. The Morgan fingerprint density at radius 1 is 0.970 bits per heavy atom. The highest BCUT2D eigenvalue weighted by atomic mass is 16.5. The van der Waals surface area contributed by atoms with Crippen LogP contribution in [-0.4, -0.2) is 27.3 Å². The van der Waals surface area contributed by atoms with Gasteiger partial charge in [-0.3, -0.25) is 10.3 Å². The Bertz CT molecular complexity index is 1310. The van der Waals surface area contributed by atoms with E-state index in [1.165, 1.54) is 0 Å². The number of amides is 1. The third-order valence-corrected chi connectivity index (χ3v) is 4.99. The Morgan fingerprint density at radius 3 is 2.42 bits per heavy atom. The van der Waals surface area contributed by atoms with E-state index in [1.54, 1.807) is 31.2 Å². The van der Waals surface area contributed by atoms with E-state index in [0.29, 0.717) is 22.8 Å². The number of hydrogen-bond donors (Lipinski definition) is 2. The zero-order chi connectivity index (χ0) is 23.4. The number of anilines is 1. The summed E-state index contributed by atoms with van der Waals surface area (Å²) >= 11 is 0. The van der Waals surface area contributed by atoms with E-state index in [4.69, 9.17) is 9.26 Å². The summed E-state index contributed by atoms with van der Waals surface area (Å²) in [5.74, 6) is -0.541. The summed E-state index contributed by atoms with van der Waals surface area (Å²) in [6, 6.07) is 19.6. The van der Waals surface area contributed by atoms with E-state index in [1.807, 2.05) is 49.4 Å². The fourth-order valence-electron chi connectivity index (χ4n) is 3.33. The van der Waals surface area contributed by atoms with Gasteiger partial charge in [0.25, 0.3) is 0 Å². The molecule has 8 heteroatoms. The molecule has 2 N–H and O–H groups in total. The molecular formula is C25H21N3O5. The Balaban J connectivity index is 1.49. The van der Waals surface area contributed by atoms with Crippen molar-refractivity contribution in [2.45, 2.75) is 20.5 Å². The minimum atomic E-state index is -0.979. The first-order chi connectivity index (χ1) is 15.9. The molecule has 4 aromatic rings. The highest BCUT2D eigenvalue weighted by Gasteiger charge is 2.18.